The number of carbonyl (C=O) groups excluding carboxylic acids is 1. The van der Waals surface area contributed by atoms with E-state index in [0.717, 1.165) is 32.1 Å². The van der Waals surface area contributed by atoms with Crippen LogP contribution in [0.4, 0.5) is 10.5 Å². The molecule has 28 heavy (non-hydrogen) atoms. The summed E-state index contributed by atoms with van der Waals surface area (Å²) in [7, 11) is -3.26. The highest BCUT2D eigenvalue weighted by Gasteiger charge is 2.30. The summed E-state index contributed by atoms with van der Waals surface area (Å²) in [5, 5.41) is 5.26. The minimum absolute atomic E-state index is 0.263. The molecule has 2 saturated carbocycles. The van der Waals surface area contributed by atoms with Crippen LogP contribution in [0.3, 0.4) is 0 Å². The summed E-state index contributed by atoms with van der Waals surface area (Å²) in [4.78, 5) is 12.4. The average Bonchev–Trinajstić information content (AvgIpc) is 3.23. The number of nitrogens with one attached hydrogen (secondary N) is 2. The van der Waals surface area contributed by atoms with Crippen LogP contribution in [0.5, 0.6) is 0 Å². The van der Waals surface area contributed by atoms with Gasteiger partial charge in [-0.25, -0.2) is 13.2 Å². The summed E-state index contributed by atoms with van der Waals surface area (Å²) in [6.45, 7) is 3.17. The Morgan fingerprint density at radius 2 is 1.68 bits per heavy atom. The second kappa shape index (κ2) is 9.74. The highest BCUT2D eigenvalue weighted by atomic mass is 32.2. The third-order valence-corrected chi connectivity index (χ3v) is 8.21. The smallest absolute Gasteiger partial charge is 0.319 e. The summed E-state index contributed by atoms with van der Waals surface area (Å²) in [6.07, 6.45) is 8.55. The van der Waals surface area contributed by atoms with Gasteiger partial charge >= 0.3 is 6.03 Å². The molecule has 0 radical (unpaired) electrons. The highest BCUT2D eigenvalue weighted by Crippen LogP contribution is 2.30. The first-order valence-corrected chi connectivity index (χ1v) is 12.0. The van der Waals surface area contributed by atoms with Gasteiger partial charge in [-0.05, 0) is 55.9 Å². The molecule has 2 atom stereocenters. The van der Waals surface area contributed by atoms with Crippen molar-refractivity contribution >= 4 is 21.6 Å². The maximum atomic E-state index is 12.6. The lowest BCUT2D eigenvalue weighted by molar-refractivity contribution is -0.00232. The Balaban J connectivity index is 1.41. The third kappa shape index (κ3) is 5.47. The van der Waals surface area contributed by atoms with Crippen molar-refractivity contribution < 1.29 is 17.9 Å². The Hall–Kier alpha value is -1.60. The summed E-state index contributed by atoms with van der Waals surface area (Å²) in [6, 6.07) is 6.13. The van der Waals surface area contributed by atoms with E-state index in [9.17, 15) is 13.2 Å². The van der Waals surface area contributed by atoms with Crippen molar-refractivity contribution in [3.63, 3.8) is 0 Å². The molecule has 0 aliphatic heterocycles. The molecule has 0 saturated heterocycles. The lowest BCUT2D eigenvalue weighted by Crippen LogP contribution is -2.34. The minimum Gasteiger partial charge on any atom is -0.376 e. The topological polar surface area (TPSA) is 84.5 Å². The SMILES string of the molecule is C[C@H]1CCCC[C@H]1OCCNC(=O)Nc1ccc(S(=O)(=O)C2CCCC2)cc1. The van der Waals surface area contributed by atoms with E-state index >= 15 is 0 Å². The van der Waals surface area contributed by atoms with Crippen LogP contribution in [0, 0.1) is 5.92 Å². The maximum absolute atomic E-state index is 12.6. The summed E-state index contributed by atoms with van der Waals surface area (Å²) in [5.74, 6) is 0.585. The number of carbonyl (C=O) groups is 1. The summed E-state index contributed by atoms with van der Waals surface area (Å²) < 4.78 is 31.1. The van der Waals surface area contributed by atoms with Crippen molar-refractivity contribution in [1.82, 2.24) is 5.32 Å². The maximum Gasteiger partial charge on any atom is 0.319 e. The molecule has 2 aliphatic rings. The molecule has 0 heterocycles. The van der Waals surface area contributed by atoms with Gasteiger partial charge in [0.15, 0.2) is 9.84 Å². The molecule has 0 spiro atoms. The Morgan fingerprint density at radius 1 is 1.04 bits per heavy atom. The van der Waals surface area contributed by atoms with E-state index in [1.54, 1.807) is 24.3 Å². The van der Waals surface area contributed by atoms with E-state index < -0.39 is 9.84 Å². The number of hydrogen-bond acceptors (Lipinski definition) is 4. The number of sulfone groups is 1. The molecular formula is C21H32N2O4S. The fourth-order valence-corrected chi connectivity index (χ4v) is 6.05. The van der Waals surface area contributed by atoms with Gasteiger partial charge in [-0.3, -0.25) is 0 Å². The molecule has 156 valence electrons. The zero-order valence-electron chi connectivity index (χ0n) is 16.7. The molecule has 7 heteroatoms. The van der Waals surface area contributed by atoms with Crippen molar-refractivity contribution in [2.45, 2.75) is 74.5 Å². The first kappa shape index (κ1) is 21.1. The van der Waals surface area contributed by atoms with Crippen molar-refractivity contribution in [3.05, 3.63) is 24.3 Å². The molecular weight excluding hydrogens is 376 g/mol. The van der Waals surface area contributed by atoms with Gasteiger partial charge in [-0.15, -0.1) is 0 Å². The Bertz CT molecular complexity index is 742. The quantitative estimate of drug-likeness (QED) is 0.665. The number of benzene rings is 1. The van der Waals surface area contributed by atoms with Gasteiger partial charge in [0.1, 0.15) is 0 Å². The van der Waals surface area contributed by atoms with Gasteiger partial charge < -0.3 is 15.4 Å². The summed E-state index contributed by atoms with van der Waals surface area (Å²) >= 11 is 0. The molecule has 2 aliphatic carbocycles. The molecule has 3 rings (SSSR count). The standard InChI is InChI=1S/C21H32N2O4S/c1-16-6-2-5-9-20(16)27-15-14-22-21(24)23-17-10-12-19(13-11-17)28(25,26)18-7-3-4-8-18/h10-13,16,18,20H,2-9,14-15H2,1H3,(H2,22,23,24)/t16-,20+/m0/s1. The molecule has 0 aromatic heterocycles. The van der Waals surface area contributed by atoms with Crippen molar-refractivity contribution in [2.24, 2.45) is 5.92 Å². The normalized spacial score (nSPS) is 23.5. The second-order valence-corrected chi connectivity index (χ2v) is 10.3. The van der Waals surface area contributed by atoms with Crippen molar-refractivity contribution in [2.75, 3.05) is 18.5 Å². The number of ether oxygens (including phenoxy) is 1. The average molecular weight is 409 g/mol. The van der Waals surface area contributed by atoms with Crippen LogP contribution in [0.2, 0.25) is 0 Å². The van der Waals surface area contributed by atoms with Crippen LogP contribution in [0.15, 0.2) is 29.2 Å². The van der Waals surface area contributed by atoms with Crippen molar-refractivity contribution in [3.8, 4) is 0 Å². The van der Waals surface area contributed by atoms with E-state index in [1.165, 1.54) is 19.3 Å². The largest absolute Gasteiger partial charge is 0.376 e. The van der Waals surface area contributed by atoms with Crippen LogP contribution in [0.25, 0.3) is 0 Å². The molecule has 2 amide bonds. The lowest BCUT2D eigenvalue weighted by atomic mass is 9.88. The monoisotopic (exact) mass is 408 g/mol. The van der Waals surface area contributed by atoms with E-state index in [0.29, 0.717) is 35.8 Å². The Labute approximate surface area is 168 Å². The first-order chi connectivity index (χ1) is 13.5. The zero-order chi connectivity index (χ0) is 20.0. The zero-order valence-corrected chi connectivity index (χ0v) is 17.5. The van der Waals surface area contributed by atoms with Gasteiger partial charge in [-0.1, -0.05) is 32.6 Å². The van der Waals surface area contributed by atoms with E-state index in [-0.39, 0.29) is 11.3 Å². The van der Waals surface area contributed by atoms with Crippen LogP contribution in [0.1, 0.15) is 58.3 Å². The predicted molar refractivity (Wildman–Crippen MR) is 110 cm³/mol. The molecule has 2 fully saturated rings. The van der Waals surface area contributed by atoms with Gasteiger partial charge in [0.2, 0.25) is 0 Å². The molecule has 1 aromatic rings. The number of urea groups is 1. The van der Waals surface area contributed by atoms with Gasteiger partial charge in [0, 0.05) is 12.2 Å². The number of amides is 2. The molecule has 2 N–H and O–H groups in total. The van der Waals surface area contributed by atoms with Crippen LogP contribution < -0.4 is 10.6 Å². The molecule has 0 unspecified atom stereocenters. The van der Waals surface area contributed by atoms with E-state index in [1.807, 2.05) is 0 Å². The lowest BCUT2D eigenvalue weighted by Gasteiger charge is -2.28. The Morgan fingerprint density at radius 3 is 2.36 bits per heavy atom. The number of rotatable bonds is 7. The van der Waals surface area contributed by atoms with Gasteiger partial charge in [0.05, 0.1) is 22.9 Å². The van der Waals surface area contributed by atoms with Crippen LogP contribution >= 0.6 is 0 Å². The van der Waals surface area contributed by atoms with Gasteiger partial charge in [-0.2, -0.15) is 0 Å². The fourth-order valence-electron chi connectivity index (χ4n) is 4.20. The second-order valence-electron chi connectivity index (χ2n) is 8.03. The van der Waals surface area contributed by atoms with Gasteiger partial charge in [0.25, 0.3) is 0 Å². The fraction of sp³-hybridized carbons (Fsp3) is 0.667. The molecule has 1 aromatic carbocycles. The highest BCUT2D eigenvalue weighted by molar-refractivity contribution is 7.92. The van der Waals surface area contributed by atoms with Crippen LogP contribution in [-0.4, -0.2) is 39.0 Å². The van der Waals surface area contributed by atoms with E-state index in [4.69, 9.17) is 4.74 Å². The van der Waals surface area contributed by atoms with Crippen molar-refractivity contribution in [1.29, 1.82) is 0 Å². The first-order valence-electron chi connectivity index (χ1n) is 10.5. The predicted octanol–water partition coefficient (Wildman–Crippen LogP) is 4.12. The number of hydrogen-bond donors (Lipinski definition) is 2. The number of anilines is 1. The molecule has 6 nitrogen and oxygen atoms in total. The minimum atomic E-state index is -3.26. The van der Waals surface area contributed by atoms with Crippen LogP contribution in [-0.2, 0) is 14.6 Å². The third-order valence-electron chi connectivity index (χ3n) is 5.93. The Kier molecular flexibility index (Phi) is 7.35. The molecule has 0 bridgehead atoms. The summed E-state index contributed by atoms with van der Waals surface area (Å²) in [5.41, 5.74) is 0.574. The van der Waals surface area contributed by atoms with E-state index in [2.05, 4.69) is 17.6 Å².